The van der Waals surface area contributed by atoms with Crippen molar-refractivity contribution >= 4 is 5.97 Å². The van der Waals surface area contributed by atoms with E-state index < -0.39 is 0 Å². The lowest BCUT2D eigenvalue weighted by Crippen LogP contribution is -2.28. The van der Waals surface area contributed by atoms with Gasteiger partial charge in [0.1, 0.15) is 11.9 Å². The van der Waals surface area contributed by atoms with Crippen molar-refractivity contribution in [3.05, 3.63) is 52.6 Å². The fourth-order valence-corrected chi connectivity index (χ4v) is 4.25. The molecule has 134 valence electrons. The van der Waals surface area contributed by atoms with Gasteiger partial charge in [-0.05, 0) is 67.4 Å². The third-order valence-electron chi connectivity index (χ3n) is 5.72. The van der Waals surface area contributed by atoms with Gasteiger partial charge in [-0.1, -0.05) is 38.0 Å². The molecule has 0 saturated heterocycles. The summed E-state index contributed by atoms with van der Waals surface area (Å²) in [7, 11) is 0. The van der Waals surface area contributed by atoms with Gasteiger partial charge >= 0.3 is 5.97 Å². The molecule has 0 aromatic heterocycles. The SMILES string of the molecule is CC1=CC[C@@]2(C)CCC(C(C)C)=C2[C@@H](OC(=O)c2ccc(O)cc2)C1. The Kier molecular flexibility index (Phi) is 4.77. The molecular weight excluding hydrogens is 312 g/mol. The van der Waals surface area contributed by atoms with Crippen LogP contribution in [-0.4, -0.2) is 17.2 Å². The maximum Gasteiger partial charge on any atom is 0.338 e. The molecule has 0 aliphatic heterocycles. The predicted molar refractivity (Wildman–Crippen MR) is 99.5 cm³/mol. The van der Waals surface area contributed by atoms with E-state index in [1.54, 1.807) is 12.1 Å². The van der Waals surface area contributed by atoms with E-state index in [2.05, 4.69) is 33.8 Å². The highest BCUT2D eigenvalue weighted by Gasteiger charge is 2.43. The zero-order valence-electron chi connectivity index (χ0n) is 15.6. The first-order valence-corrected chi connectivity index (χ1v) is 9.19. The Morgan fingerprint density at radius 3 is 2.60 bits per heavy atom. The maximum atomic E-state index is 12.7. The van der Waals surface area contributed by atoms with Crippen LogP contribution in [0.2, 0.25) is 0 Å². The third kappa shape index (κ3) is 3.51. The summed E-state index contributed by atoms with van der Waals surface area (Å²) < 4.78 is 6.01. The fraction of sp³-hybridized carbons (Fsp3) is 0.500. The molecule has 2 aliphatic carbocycles. The molecule has 0 spiro atoms. The van der Waals surface area contributed by atoms with Crippen LogP contribution in [-0.2, 0) is 4.74 Å². The van der Waals surface area contributed by atoms with Crippen molar-refractivity contribution < 1.29 is 14.6 Å². The largest absolute Gasteiger partial charge is 0.508 e. The highest BCUT2D eigenvalue weighted by atomic mass is 16.5. The Bertz CT molecular complexity index is 724. The van der Waals surface area contributed by atoms with E-state index in [4.69, 9.17) is 4.74 Å². The first-order chi connectivity index (χ1) is 11.8. The molecule has 0 radical (unpaired) electrons. The van der Waals surface area contributed by atoms with Gasteiger partial charge in [0.25, 0.3) is 0 Å². The number of hydrogen-bond acceptors (Lipinski definition) is 3. The van der Waals surface area contributed by atoms with Crippen LogP contribution in [0.4, 0.5) is 0 Å². The van der Waals surface area contributed by atoms with Crippen LogP contribution < -0.4 is 0 Å². The lowest BCUT2D eigenvalue weighted by molar-refractivity contribution is 0.0343. The van der Waals surface area contributed by atoms with Crippen LogP contribution in [0.25, 0.3) is 0 Å². The van der Waals surface area contributed by atoms with Gasteiger partial charge in [-0.2, -0.15) is 0 Å². The van der Waals surface area contributed by atoms with Gasteiger partial charge in [0, 0.05) is 6.42 Å². The second-order valence-corrected chi connectivity index (χ2v) is 8.05. The molecule has 0 saturated carbocycles. The Morgan fingerprint density at radius 2 is 1.96 bits per heavy atom. The minimum atomic E-state index is -0.315. The zero-order valence-corrected chi connectivity index (χ0v) is 15.6. The van der Waals surface area contributed by atoms with Gasteiger partial charge in [0.05, 0.1) is 5.56 Å². The average molecular weight is 340 g/mol. The van der Waals surface area contributed by atoms with Crippen molar-refractivity contribution in [2.75, 3.05) is 0 Å². The highest BCUT2D eigenvalue weighted by molar-refractivity contribution is 5.89. The van der Waals surface area contributed by atoms with Crippen LogP contribution in [0.15, 0.2) is 47.1 Å². The summed E-state index contributed by atoms with van der Waals surface area (Å²) in [6.07, 6.45) is 6.15. The number of rotatable bonds is 3. The number of carbonyl (C=O) groups is 1. The van der Waals surface area contributed by atoms with E-state index in [9.17, 15) is 9.90 Å². The molecule has 3 nitrogen and oxygen atoms in total. The number of allylic oxidation sites excluding steroid dienone is 2. The van der Waals surface area contributed by atoms with Crippen molar-refractivity contribution in [1.82, 2.24) is 0 Å². The number of phenols is 1. The van der Waals surface area contributed by atoms with Crippen LogP contribution in [0.5, 0.6) is 5.75 Å². The highest BCUT2D eigenvalue weighted by Crippen LogP contribution is 2.52. The van der Waals surface area contributed by atoms with Gasteiger partial charge in [0.15, 0.2) is 0 Å². The first kappa shape index (κ1) is 17.8. The molecule has 0 amide bonds. The summed E-state index contributed by atoms with van der Waals surface area (Å²) in [4.78, 5) is 12.7. The molecule has 1 N–H and O–H groups in total. The fourth-order valence-electron chi connectivity index (χ4n) is 4.25. The summed E-state index contributed by atoms with van der Waals surface area (Å²) in [6, 6.07) is 6.27. The normalized spacial score (nSPS) is 26.3. The van der Waals surface area contributed by atoms with E-state index >= 15 is 0 Å². The number of fused-ring (bicyclic) bond motifs is 1. The summed E-state index contributed by atoms with van der Waals surface area (Å²) >= 11 is 0. The van der Waals surface area contributed by atoms with Gasteiger partial charge in [0.2, 0.25) is 0 Å². The van der Waals surface area contributed by atoms with Crippen molar-refractivity contribution in [3.63, 3.8) is 0 Å². The summed E-state index contributed by atoms with van der Waals surface area (Å²) in [5.41, 5.74) is 4.68. The number of ether oxygens (including phenoxy) is 1. The van der Waals surface area contributed by atoms with Crippen molar-refractivity contribution in [1.29, 1.82) is 0 Å². The second-order valence-electron chi connectivity index (χ2n) is 8.05. The molecule has 25 heavy (non-hydrogen) atoms. The zero-order chi connectivity index (χ0) is 18.2. The second kappa shape index (κ2) is 6.70. The number of aromatic hydroxyl groups is 1. The summed E-state index contributed by atoms with van der Waals surface area (Å²) in [5, 5.41) is 9.42. The van der Waals surface area contributed by atoms with E-state index in [-0.39, 0.29) is 23.2 Å². The van der Waals surface area contributed by atoms with E-state index in [0.29, 0.717) is 11.5 Å². The Balaban J connectivity index is 1.93. The monoisotopic (exact) mass is 340 g/mol. The summed E-state index contributed by atoms with van der Waals surface area (Å²) in [5.74, 6) is 0.313. The maximum absolute atomic E-state index is 12.7. The number of esters is 1. The van der Waals surface area contributed by atoms with Crippen LogP contribution >= 0.6 is 0 Å². The molecule has 0 bridgehead atoms. The topological polar surface area (TPSA) is 46.5 Å². The Labute approximate surface area is 150 Å². The molecule has 0 unspecified atom stereocenters. The lowest BCUT2D eigenvalue weighted by atomic mass is 9.77. The molecular formula is C22H28O3. The molecule has 0 fully saturated rings. The standard InChI is InChI=1S/C22H28O3/c1-14(2)18-10-12-22(4)11-9-15(3)13-19(20(18)22)25-21(24)16-5-7-17(23)8-6-16/h5-9,14,19,23H,10-13H2,1-4H3/t19-,22-/m0/s1. The van der Waals surface area contributed by atoms with E-state index in [0.717, 1.165) is 25.7 Å². The number of carbonyl (C=O) groups excluding carboxylic acids is 1. The van der Waals surface area contributed by atoms with Gasteiger partial charge in [-0.15, -0.1) is 0 Å². The molecule has 3 rings (SSSR count). The quantitative estimate of drug-likeness (QED) is 0.591. The van der Waals surface area contributed by atoms with Crippen LogP contribution in [0, 0.1) is 11.3 Å². The lowest BCUT2D eigenvalue weighted by Gasteiger charge is -2.31. The van der Waals surface area contributed by atoms with Crippen molar-refractivity contribution in [2.24, 2.45) is 11.3 Å². The minimum Gasteiger partial charge on any atom is -0.508 e. The third-order valence-corrected chi connectivity index (χ3v) is 5.72. The summed E-state index contributed by atoms with van der Waals surface area (Å²) in [6.45, 7) is 8.91. The van der Waals surface area contributed by atoms with Crippen molar-refractivity contribution in [3.8, 4) is 5.75 Å². The van der Waals surface area contributed by atoms with Gasteiger partial charge < -0.3 is 9.84 Å². The molecule has 2 aliphatic rings. The number of hydrogen-bond donors (Lipinski definition) is 1. The van der Waals surface area contributed by atoms with Gasteiger partial charge in [-0.25, -0.2) is 4.79 Å². The van der Waals surface area contributed by atoms with Crippen molar-refractivity contribution in [2.45, 2.75) is 59.5 Å². The van der Waals surface area contributed by atoms with E-state index in [1.165, 1.54) is 28.9 Å². The predicted octanol–water partition coefficient (Wildman–Crippen LogP) is 5.41. The number of benzene rings is 1. The average Bonchev–Trinajstić information content (AvgIpc) is 2.85. The number of phenolic OH excluding ortho intramolecular Hbond substituents is 1. The molecule has 3 heteroatoms. The Morgan fingerprint density at radius 1 is 1.28 bits per heavy atom. The van der Waals surface area contributed by atoms with Crippen LogP contribution in [0.3, 0.4) is 0 Å². The minimum absolute atomic E-state index is 0.0945. The van der Waals surface area contributed by atoms with Gasteiger partial charge in [-0.3, -0.25) is 0 Å². The molecule has 1 aromatic rings. The van der Waals surface area contributed by atoms with Crippen LogP contribution in [0.1, 0.15) is 63.7 Å². The first-order valence-electron chi connectivity index (χ1n) is 9.19. The smallest absolute Gasteiger partial charge is 0.338 e. The molecule has 1 aromatic carbocycles. The van der Waals surface area contributed by atoms with E-state index in [1.807, 2.05) is 0 Å². The molecule has 2 atom stereocenters. The molecule has 0 heterocycles. The Hall–Kier alpha value is -2.03.